The van der Waals surface area contributed by atoms with Crippen LogP contribution in [-0.2, 0) is 19.6 Å². The molecule has 1 saturated heterocycles. The molecule has 0 radical (unpaired) electrons. The summed E-state index contributed by atoms with van der Waals surface area (Å²) in [5.41, 5.74) is 0. The molecule has 1 aliphatic heterocycles. The highest BCUT2D eigenvalue weighted by Gasteiger charge is 2.32. The van der Waals surface area contributed by atoms with E-state index in [0.29, 0.717) is 13.0 Å². The van der Waals surface area contributed by atoms with Crippen LogP contribution in [0.3, 0.4) is 0 Å². The second-order valence-corrected chi connectivity index (χ2v) is 7.44. The number of carbonyl (C=O) groups is 1. The molecule has 1 atom stereocenters. The SMILES string of the molecule is CC(=O)CC1CCCCN1S(=O)(=O)CCOC(C)C. The van der Waals surface area contributed by atoms with Crippen molar-refractivity contribution in [1.82, 2.24) is 4.31 Å². The van der Waals surface area contributed by atoms with Crippen LogP contribution >= 0.6 is 0 Å². The van der Waals surface area contributed by atoms with E-state index in [1.54, 1.807) is 0 Å². The summed E-state index contributed by atoms with van der Waals surface area (Å²) in [5, 5.41) is 0. The van der Waals surface area contributed by atoms with Crippen molar-refractivity contribution in [2.45, 2.75) is 58.6 Å². The molecular weight excluding hydrogens is 266 g/mol. The quantitative estimate of drug-likeness (QED) is 0.714. The molecule has 0 bridgehead atoms. The van der Waals surface area contributed by atoms with Gasteiger partial charge in [0.25, 0.3) is 0 Å². The van der Waals surface area contributed by atoms with E-state index in [1.165, 1.54) is 11.2 Å². The summed E-state index contributed by atoms with van der Waals surface area (Å²) in [4.78, 5) is 11.2. The molecule has 1 heterocycles. The lowest BCUT2D eigenvalue weighted by molar-refractivity contribution is -0.118. The zero-order valence-electron chi connectivity index (χ0n) is 12.1. The molecule has 0 aliphatic carbocycles. The maximum atomic E-state index is 12.3. The third-order valence-electron chi connectivity index (χ3n) is 3.25. The lowest BCUT2D eigenvalue weighted by Gasteiger charge is -2.34. The highest BCUT2D eigenvalue weighted by Crippen LogP contribution is 2.23. The molecule has 0 saturated carbocycles. The van der Waals surface area contributed by atoms with Crippen molar-refractivity contribution in [2.24, 2.45) is 0 Å². The monoisotopic (exact) mass is 291 g/mol. The molecule has 112 valence electrons. The van der Waals surface area contributed by atoms with Gasteiger partial charge in [-0.05, 0) is 33.6 Å². The maximum Gasteiger partial charge on any atom is 0.216 e. The molecule has 1 unspecified atom stereocenters. The van der Waals surface area contributed by atoms with Gasteiger partial charge in [0.05, 0.1) is 18.5 Å². The molecule has 0 aromatic rings. The normalized spacial score (nSPS) is 21.8. The van der Waals surface area contributed by atoms with Gasteiger partial charge in [-0.3, -0.25) is 4.79 Å². The van der Waals surface area contributed by atoms with Crippen molar-refractivity contribution in [3.63, 3.8) is 0 Å². The van der Waals surface area contributed by atoms with Gasteiger partial charge < -0.3 is 4.74 Å². The summed E-state index contributed by atoms with van der Waals surface area (Å²) < 4.78 is 31.4. The Bertz CT molecular complexity index is 391. The average molecular weight is 291 g/mol. The first-order chi connectivity index (χ1) is 8.83. The van der Waals surface area contributed by atoms with Crippen LogP contribution in [0.5, 0.6) is 0 Å². The molecular formula is C13H25NO4S. The minimum absolute atomic E-state index is 0.000412. The van der Waals surface area contributed by atoms with Gasteiger partial charge in [0.15, 0.2) is 0 Å². The van der Waals surface area contributed by atoms with Gasteiger partial charge in [0, 0.05) is 19.0 Å². The average Bonchev–Trinajstić information content (AvgIpc) is 2.27. The summed E-state index contributed by atoms with van der Waals surface area (Å²) in [6.07, 6.45) is 3.00. The van der Waals surface area contributed by atoms with E-state index in [4.69, 9.17) is 4.74 Å². The van der Waals surface area contributed by atoms with Gasteiger partial charge in [0.1, 0.15) is 5.78 Å². The number of sulfonamides is 1. The Labute approximate surface area is 116 Å². The number of ketones is 1. The fourth-order valence-corrected chi connectivity index (χ4v) is 3.97. The second-order valence-electron chi connectivity index (χ2n) is 5.40. The van der Waals surface area contributed by atoms with Crippen molar-refractivity contribution >= 4 is 15.8 Å². The number of rotatable bonds is 7. The molecule has 1 aliphatic rings. The largest absolute Gasteiger partial charge is 0.378 e. The molecule has 1 fully saturated rings. The summed E-state index contributed by atoms with van der Waals surface area (Å²) in [6.45, 7) is 6.02. The van der Waals surface area contributed by atoms with Crippen molar-refractivity contribution < 1.29 is 17.9 Å². The number of ether oxygens (including phenoxy) is 1. The summed E-state index contributed by atoms with van der Waals surface area (Å²) in [7, 11) is -3.32. The number of piperidine rings is 1. The van der Waals surface area contributed by atoms with Gasteiger partial charge in [0.2, 0.25) is 10.0 Å². The Hall–Kier alpha value is -0.460. The Morgan fingerprint density at radius 3 is 2.63 bits per heavy atom. The van der Waals surface area contributed by atoms with Gasteiger partial charge in [-0.25, -0.2) is 8.42 Å². The molecule has 0 amide bonds. The van der Waals surface area contributed by atoms with E-state index < -0.39 is 10.0 Å². The molecule has 5 nitrogen and oxygen atoms in total. The third kappa shape index (κ3) is 5.58. The lowest BCUT2D eigenvalue weighted by Crippen LogP contribution is -2.46. The van der Waals surface area contributed by atoms with Gasteiger partial charge in [-0.1, -0.05) is 6.42 Å². The first kappa shape index (κ1) is 16.6. The molecule has 0 aromatic carbocycles. The van der Waals surface area contributed by atoms with Crippen molar-refractivity contribution in [1.29, 1.82) is 0 Å². The zero-order chi connectivity index (χ0) is 14.5. The second kappa shape index (κ2) is 7.36. The fourth-order valence-electron chi connectivity index (χ4n) is 2.38. The molecule has 1 rings (SSSR count). The first-order valence-corrected chi connectivity index (χ1v) is 8.54. The minimum atomic E-state index is -3.32. The number of nitrogens with zero attached hydrogens (tertiary/aromatic N) is 1. The summed E-state index contributed by atoms with van der Waals surface area (Å²) in [5.74, 6) is 0.0464. The standard InChI is InChI=1S/C13H25NO4S/c1-11(2)18-8-9-19(16,17)14-7-5-4-6-13(14)10-12(3)15/h11,13H,4-10H2,1-3H3. The van der Waals surface area contributed by atoms with E-state index in [-0.39, 0.29) is 30.3 Å². The van der Waals surface area contributed by atoms with Crippen LogP contribution in [0.4, 0.5) is 0 Å². The van der Waals surface area contributed by atoms with Gasteiger partial charge in [-0.15, -0.1) is 0 Å². The van der Waals surface area contributed by atoms with Crippen molar-refractivity contribution in [3.8, 4) is 0 Å². The van der Waals surface area contributed by atoms with Crippen molar-refractivity contribution in [2.75, 3.05) is 18.9 Å². The highest BCUT2D eigenvalue weighted by molar-refractivity contribution is 7.89. The predicted molar refractivity (Wildman–Crippen MR) is 74.5 cm³/mol. The molecule has 19 heavy (non-hydrogen) atoms. The fraction of sp³-hybridized carbons (Fsp3) is 0.923. The smallest absolute Gasteiger partial charge is 0.216 e. The topological polar surface area (TPSA) is 63.7 Å². The number of Topliss-reactive ketones (excluding diaryl/α,β-unsaturated/α-hetero) is 1. The summed E-state index contributed by atoms with van der Waals surface area (Å²) in [6, 6.07) is -0.157. The molecule has 0 aromatic heterocycles. The summed E-state index contributed by atoms with van der Waals surface area (Å²) >= 11 is 0. The van der Waals surface area contributed by atoms with Crippen LogP contribution < -0.4 is 0 Å². The zero-order valence-corrected chi connectivity index (χ0v) is 12.9. The van der Waals surface area contributed by atoms with Crippen LogP contribution in [-0.4, -0.2) is 49.6 Å². The van der Waals surface area contributed by atoms with E-state index >= 15 is 0 Å². The minimum Gasteiger partial charge on any atom is -0.378 e. The first-order valence-electron chi connectivity index (χ1n) is 6.93. The number of hydrogen-bond donors (Lipinski definition) is 0. The van der Waals surface area contributed by atoms with Crippen LogP contribution in [0.1, 0.15) is 46.5 Å². The van der Waals surface area contributed by atoms with Crippen molar-refractivity contribution in [3.05, 3.63) is 0 Å². The highest BCUT2D eigenvalue weighted by atomic mass is 32.2. The van der Waals surface area contributed by atoms with E-state index in [9.17, 15) is 13.2 Å². The maximum absolute atomic E-state index is 12.3. The Kier molecular flexibility index (Phi) is 6.42. The van der Waals surface area contributed by atoms with E-state index in [0.717, 1.165) is 19.3 Å². The Morgan fingerprint density at radius 1 is 1.37 bits per heavy atom. The number of hydrogen-bond acceptors (Lipinski definition) is 4. The molecule has 0 spiro atoms. The van der Waals surface area contributed by atoms with Crippen LogP contribution in [0.25, 0.3) is 0 Å². The molecule has 0 N–H and O–H groups in total. The predicted octanol–water partition coefficient (Wildman–Crippen LogP) is 1.57. The van der Waals surface area contributed by atoms with E-state index in [2.05, 4.69) is 0 Å². The van der Waals surface area contributed by atoms with Crippen LogP contribution in [0.2, 0.25) is 0 Å². The van der Waals surface area contributed by atoms with Gasteiger partial charge >= 0.3 is 0 Å². The number of carbonyl (C=O) groups excluding carboxylic acids is 1. The lowest BCUT2D eigenvalue weighted by atomic mass is 10.0. The van der Waals surface area contributed by atoms with Gasteiger partial charge in [-0.2, -0.15) is 4.31 Å². The molecule has 6 heteroatoms. The van der Waals surface area contributed by atoms with Crippen LogP contribution in [0, 0.1) is 0 Å². The third-order valence-corrected chi connectivity index (χ3v) is 5.12. The van der Waals surface area contributed by atoms with Crippen LogP contribution in [0.15, 0.2) is 0 Å². The Morgan fingerprint density at radius 2 is 2.05 bits per heavy atom. The Balaban J connectivity index is 2.64. The van der Waals surface area contributed by atoms with E-state index in [1.807, 2.05) is 13.8 Å².